The van der Waals surface area contributed by atoms with Gasteiger partial charge in [0.15, 0.2) is 0 Å². The summed E-state index contributed by atoms with van der Waals surface area (Å²) >= 11 is 0. The summed E-state index contributed by atoms with van der Waals surface area (Å²) in [5.41, 5.74) is 1.88. The van der Waals surface area contributed by atoms with Crippen LogP contribution in [0.2, 0.25) is 0 Å². The highest BCUT2D eigenvalue weighted by atomic mass is 32.2. The lowest BCUT2D eigenvalue weighted by molar-refractivity contribution is -0.157. The molecule has 1 aliphatic rings. The molecule has 1 saturated heterocycles. The molecule has 1 aromatic heterocycles. The van der Waals surface area contributed by atoms with E-state index in [1.165, 1.54) is 4.31 Å². The quantitative estimate of drug-likeness (QED) is 0.805. The molecule has 0 radical (unpaired) electrons. The summed E-state index contributed by atoms with van der Waals surface area (Å²) in [6, 6.07) is 4.95. The number of halogens is 3. The van der Waals surface area contributed by atoms with Crippen molar-refractivity contribution in [3.63, 3.8) is 0 Å². The highest BCUT2D eigenvalue weighted by molar-refractivity contribution is 7.89. The number of hydrogen-bond acceptors (Lipinski definition) is 5. The highest BCUT2D eigenvalue weighted by Gasteiger charge is 2.39. The molecule has 0 atom stereocenters. The zero-order valence-electron chi connectivity index (χ0n) is 14.2. The van der Waals surface area contributed by atoms with Crippen LogP contribution in [0, 0.1) is 13.8 Å². The van der Waals surface area contributed by atoms with E-state index < -0.39 is 22.1 Å². The lowest BCUT2D eigenvalue weighted by atomic mass is 9.98. The maximum absolute atomic E-state index is 12.8. The minimum Gasteiger partial charge on any atom is -0.417 e. The van der Waals surface area contributed by atoms with E-state index in [1.54, 1.807) is 18.2 Å². The molecule has 1 aliphatic heterocycles. The third-order valence-corrected chi connectivity index (χ3v) is 6.50. The maximum Gasteiger partial charge on any atom is 0.470 e. The normalized spacial score (nSPS) is 17.6. The van der Waals surface area contributed by atoms with Crippen LogP contribution < -0.4 is 0 Å². The molecule has 1 fully saturated rings. The smallest absolute Gasteiger partial charge is 0.417 e. The van der Waals surface area contributed by atoms with E-state index in [0.717, 1.165) is 11.1 Å². The highest BCUT2D eigenvalue weighted by Crippen LogP contribution is 2.33. The number of hydrogen-bond donors (Lipinski definition) is 0. The molecular weight excluding hydrogens is 371 g/mol. The van der Waals surface area contributed by atoms with Crippen LogP contribution in [-0.2, 0) is 16.2 Å². The molecule has 2 heterocycles. The number of nitrogens with zero attached hydrogens (tertiary/aromatic N) is 3. The minimum absolute atomic E-state index is 0.0967. The van der Waals surface area contributed by atoms with Crippen LogP contribution in [0.3, 0.4) is 0 Å². The van der Waals surface area contributed by atoms with Gasteiger partial charge in [-0.05, 0) is 49.9 Å². The van der Waals surface area contributed by atoms with E-state index in [9.17, 15) is 21.6 Å². The van der Waals surface area contributed by atoms with Crippen LogP contribution in [0.1, 0.15) is 41.7 Å². The van der Waals surface area contributed by atoms with E-state index in [4.69, 9.17) is 4.42 Å². The number of aryl methyl sites for hydroxylation is 2. The first kappa shape index (κ1) is 18.8. The maximum atomic E-state index is 12.8. The molecular formula is C16H18F3N3O3S. The van der Waals surface area contributed by atoms with Crippen molar-refractivity contribution in [1.82, 2.24) is 14.5 Å². The number of aromatic nitrogens is 2. The SMILES string of the molecule is Cc1ccc(S(=O)(=O)N2CCC(c3nnc(C(F)(F)F)o3)CC2)cc1C. The lowest BCUT2D eigenvalue weighted by Gasteiger charge is -2.29. The summed E-state index contributed by atoms with van der Waals surface area (Å²) in [7, 11) is -3.64. The number of sulfonamides is 1. The summed E-state index contributed by atoms with van der Waals surface area (Å²) < 4.78 is 69.2. The van der Waals surface area contributed by atoms with E-state index in [2.05, 4.69) is 10.2 Å². The van der Waals surface area contributed by atoms with Crippen LogP contribution >= 0.6 is 0 Å². The second-order valence-electron chi connectivity index (χ2n) is 6.37. The zero-order valence-corrected chi connectivity index (χ0v) is 15.1. The molecule has 10 heteroatoms. The Hall–Kier alpha value is -1.94. The first-order valence-corrected chi connectivity index (χ1v) is 9.51. The molecule has 0 N–H and O–H groups in total. The van der Waals surface area contributed by atoms with Gasteiger partial charge < -0.3 is 4.42 Å². The Bertz CT molecular complexity index is 901. The van der Waals surface area contributed by atoms with Gasteiger partial charge in [-0.1, -0.05) is 6.07 Å². The minimum atomic E-state index is -4.68. The zero-order chi connectivity index (χ0) is 19.1. The van der Waals surface area contributed by atoms with Gasteiger partial charge in [-0.15, -0.1) is 10.2 Å². The summed E-state index contributed by atoms with van der Waals surface area (Å²) in [4.78, 5) is 0.219. The molecule has 2 aromatic rings. The molecule has 0 spiro atoms. The van der Waals surface area contributed by atoms with E-state index >= 15 is 0 Å². The fourth-order valence-corrected chi connectivity index (χ4v) is 4.44. The Labute approximate surface area is 149 Å². The molecule has 3 rings (SSSR count). The van der Waals surface area contributed by atoms with Crippen molar-refractivity contribution < 1.29 is 26.0 Å². The van der Waals surface area contributed by atoms with Gasteiger partial charge >= 0.3 is 12.1 Å². The van der Waals surface area contributed by atoms with E-state index in [1.807, 2.05) is 13.8 Å². The lowest BCUT2D eigenvalue weighted by Crippen LogP contribution is -2.38. The predicted octanol–water partition coefficient (Wildman–Crippen LogP) is 3.27. The number of piperidine rings is 1. The Morgan fingerprint density at radius 2 is 1.77 bits per heavy atom. The second-order valence-corrected chi connectivity index (χ2v) is 8.31. The Balaban J connectivity index is 1.71. The topological polar surface area (TPSA) is 76.3 Å². The monoisotopic (exact) mass is 389 g/mol. The first-order chi connectivity index (χ1) is 12.1. The summed E-state index contributed by atoms with van der Waals surface area (Å²) in [6.07, 6.45) is -4.04. The molecule has 1 aromatic carbocycles. The van der Waals surface area contributed by atoms with Gasteiger partial charge in [-0.3, -0.25) is 0 Å². The predicted molar refractivity (Wildman–Crippen MR) is 85.9 cm³/mol. The fraction of sp³-hybridized carbons (Fsp3) is 0.500. The van der Waals surface area contributed by atoms with Gasteiger partial charge in [0.05, 0.1) is 4.90 Å². The first-order valence-electron chi connectivity index (χ1n) is 8.07. The van der Waals surface area contributed by atoms with Crippen molar-refractivity contribution >= 4 is 10.0 Å². The van der Waals surface area contributed by atoms with Crippen molar-refractivity contribution in [3.05, 3.63) is 41.1 Å². The van der Waals surface area contributed by atoms with Gasteiger partial charge in [-0.2, -0.15) is 17.5 Å². The Morgan fingerprint density at radius 3 is 2.31 bits per heavy atom. The largest absolute Gasteiger partial charge is 0.470 e. The van der Waals surface area contributed by atoms with E-state index in [0.29, 0.717) is 12.8 Å². The number of rotatable bonds is 3. The van der Waals surface area contributed by atoms with Crippen molar-refractivity contribution in [2.75, 3.05) is 13.1 Å². The Morgan fingerprint density at radius 1 is 1.12 bits per heavy atom. The fourth-order valence-electron chi connectivity index (χ4n) is 2.88. The molecule has 0 bridgehead atoms. The van der Waals surface area contributed by atoms with Crippen molar-refractivity contribution in [1.29, 1.82) is 0 Å². The van der Waals surface area contributed by atoms with Gasteiger partial charge in [0.2, 0.25) is 15.9 Å². The molecule has 0 saturated carbocycles. The van der Waals surface area contributed by atoms with Crippen LogP contribution in [0.5, 0.6) is 0 Å². The van der Waals surface area contributed by atoms with Crippen LogP contribution in [0.15, 0.2) is 27.5 Å². The van der Waals surface area contributed by atoms with E-state index in [-0.39, 0.29) is 29.8 Å². The summed E-state index contributed by atoms with van der Waals surface area (Å²) in [6.45, 7) is 4.11. The van der Waals surface area contributed by atoms with Crippen LogP contribution in [0.4, 0.5) is 13.2 Å². The van der Waals surface area contributed by atoms with Crippen LogP contribution in [0.25, 0.3) is 0 Å². The number of alkyl halides is 3. The average molecular weight is 389 g/mol. The van der Waals surface area contributed by atoms with Gasteiger partial charge in [-0.25, -0.2) is 8.42 Å². The molecule has 0 unspecified atom stereocenters. The molecule has 142 valence electrons. The van der Waals surface area contributed by atoms with Crippen molar-refractivity contribution in [2.45, 2.75) is 43.7 Å². The van der Waals surface area contributed by atoms with Crippen LogP contribution in [-0.4, -0.2) is 36.0 Å². The summed E-state index contributed by atoms with van der Waals surface area (Å²) in [5, 5.41) is 6.49. The standard InChI is InChI=1S/C16H18F3N3O3S/c1-10-3-4-13(9-11(10)2)26(23,24)22-7-5-12(6-8-22)14-20-21-15(25-14)16(17,18)19/h3-4,9,12H,5-8H2,1-2H3. The molecule has 0 amide bonds. The summed E-state index contributed by atoms with van der Waals surface area (Å²) in [5.74, 6) is -1.86. The van der Waals surface area contributed by atoms with Gasteiger partial charge in [0.1, 0.15) is 0 Å². The third-order valence-electron chi connectivity index (χ3n) is 4.60. The second kappa shape index (κ2) is 6.66. The molecule has 6 nitrogen and oxygen atoms in total. The Kier molecular flexibility index (Phi) is 4.82. The van der Waals surface area contributed by atoms with Crippen molar-refractivity contribution in [2.24, 2.45) is 0 Å². The molecule has 26 heavy (non-hydrogen) atoms. The number of benzene rings is 1. The average Bonchev–Trinajstić information content (AvgIpc) is 3.08. The van der Waals surface area contributed by atoms with Gasteiger partial charge in [0, 0.05) is 19.0 Å². The van der Waals surface area contributed by atoms with Gasteiger partial charge in [0.25, 0.3) is 0 Å². The van der Waals surface area contributed by atoms with Crippen molar-refractivity contribution in [3.8, 4) is 0 Å². The molecule has 0 aliphatic carbocycles. The third kappa shape index (κ3) is 3.61.